The van der Waals surface area contributed by atoms with Gasteiger partial charge in [0.25, 0.3) is 0 Å². The van der Waals surface area contributed by atoms with Gasteiger partial charge < -0.3 is 5.11 Å². The van der Waals surface area contributed by atoms with Crippen LogP contribution in [0.2, 0.25) is 0 Å². The molecule has 1 aromatic carbocycles. The van der Waals surface area contributed by atoms with Crippen LogP contribution in [0, 0.1) is 5.82 Å². The molecule has 1 N–H and O–H groups in total. The van der Waals surface area contributed by atoms with E-state index < -0.39 is 0 Å². The summed E-state index contributed by atoms with van der Waals surface area (Å²) >= 11 is 0. The number of hydrogen-bond acceptors (Lipinski definition) is 1. The van der Waals surface area contributed by atoms with Gasteiger partial charge in [0.15, 0.2) is 0 Å². The van der Waals surface area contributed by atoms with Crippen molar-refractivity contribution in [2.45, 2.75) is 25.7 Å². The molecule has 1 rings (SSSR count). The largest absolute Gasteiger partial charge is 0.396 e. The van der Waals surface area contributed by atoms with E-state index in [9.17, 15) is 4.39 Å². The maximum Gasteiger partial charge on any atom is 0.123 e. The highest BCUT2D eigenvalue weighted by molar-refractivity contribution is 5.20. The predicted molar refractivity (Wildman–Crippen MR) is 51.1 cm³/mol. The summed E-state index contributed by atoms with van der Waals surface area (Å²) in [6, 6.07) is 6.52. The second kappa shape index (κ2) is 4.97. The summed E-state index contributed by atoms with van der Waals surface area (Å²) in [4.78, 5) is 0. The van der Waals surface area contributed by atoms with E-state index in [1.165, 1.54) is 12.1 Å². The molecule has 0 aliphatic rings. The summed E-state index contributed by atoms with van der Waals surface area (Å²) in [5.41, 5.74) is 1.11. The molecule has 72 valence electrons. The number of rotatable bonds is 4. The van der Waals surface area contributed by atoms with Gasteiger partial charge in [-0.1, -0.05) is 19.1 Å². The van der Waals surface area contributed by atoms with Crippen molar-refractivity contribution in [1.29, 1.82) is 0 Å². The van der Waals surface area contributed by atoms with Gasteiger partial charge >= 0.3 is 0 Å². The third-order valence-corrected chi connectivity index (χ3v) is 2.31. The third-order valence-electron chi connectivity index (χ3n) is 2.31. The highest BCUT2D eigenvalue weighted by Gasteiger charge is 2.07. The maximum atomic E-state index is 12.6. The Balaban J connectivity index is 2.73. The van der Waals surface area contributed by atoms with Gasteiger partial charge in [0.05, 0.1) is 0 Å². The summed E-state index contributed by atoms with van der Waals surface area (Å²) in [6.07, 6.45) is 1.73. The topological polar surface area (TPSA) is 20.2 Å². The van der Waals surface area contributed by atoms with Gasteiger partial charge in [0, 0.05) is 6.61 Å². The van der Waals surface area contributed by atoms with Crippen molar-refractivity contribution in [3.8, 4) is 0 Å². The molecule has 0 amide bonds. The minimum absolute atomic E-state index is 0.190. The van der Waals surface area contributed by atoms with Gasteiger partial charge in [-0.25, -0.2) is 4.39 Å². The van der Waals surface area contributed by atoms with Gasteiger partial charge in [0.2, 0.25) is 0 Å². The Labute approximate surface area is 78.2 Å². The lowest BCUT2D eigenvalue weighted by atomic mass is 9.94. The van der Waals surface area contributed by atoms with Crippen LogP contribution in [-0.4, -0.2) is 11.7 Å². The van der Waals surface area contributed by atoms with Gasteiger partial charge in [0.1, 0.15) is 5.82 Å². The molecule has 0 aromatic heterocycles. The van der Waals surface area contributed by atoms with Crippen molar-refractivity contribution in [3.63, 3.8) is 0 Å². The van der Waals surface area contributed by atoms with E-state index in [1.807, 2.05) is 0 Å². The molecular formula is C11H15FO. The number of aliphatic hydroxyl groups excluding tert-OH is 1. The molecule has 1 nitrogen and oxygen atoms in total. The monoisotopic (exact) mass is 182 g/mol. The molecule has 0 saturated carbocycles. The first-order valence-corrected chi connectivity index (χ1v) is 4.64. The highest BCUT2D eigenvalue weighted by Crippen LogP contribution is 2.22. The summed E-state index contributed by atoms with van der Waals surface area (Å²) in [7, 11) is 0. The van der Waals surface area contributed by atoms with E-state index in [0.717, 1.165) is 18.4 Å². The standard InChI is InChI=1S/C11H15FO/c1-2-9(7-8-13)10-3-5-11(12)6-4-10/h3-6,9,13H,2,7-8H2,1H3/t9-/m0/s1. The maximum absolute atomic E-state index is 12.6. The first-order chi connectivity index (χ1) is 6.27. The average Bonchev–Trinajstić information content (AvgIpc) is 2.16. The van der Waals surface area contributed by atoms with Crippen LogP contribution in [0.4, 0.5) is 4.39 Å². The van der Waals surface area contributed by atoms with E-state index in [-0.39, 0.29) is 12.4 Å². The van der Waals surface area contributed by atoms with Crippen molar-refractivity contribution < 1.29 is 9.50 Å². The summed E-state index contributed by atoms with van der Waals surface area (Å²) in [6.45, 7) is 2.26. The Morgan fingerprint density at radius 1 is 1.31 bits per heavy atom. The molecule has 0 spiro atoms. The summed E-state index contributed by atoms with van der Waals surface area (Å²) in [5, 5.41) is 8.81. The lowest BCUT2D eigenvalue weighted by molar-refractivity contribution is 0.274. The van der Waals surface area contributed by atoms with E-state index in [0.29, 0.717) is 5.92 Å². The zero-order valence-corrected chi connectivity index (χ0v) is 7.83. The normalized spacial score (nSPS) is 12.8. The van der Waals surface area contributed by atoms with Gasteiger partial charge in [-0.2, -0.15) is 0 Å². The SMILES string of the molecule is CC[C@@H](CCO)c1ccc(F)cc1. The van der Waals surface area contributed by atoms with Crippen LogP contribution in [-0.2, 0) is 0 Å². The van der Waals surface area contributed by atoms with Crippen LogP contribution < -0.4 is 0 Å². The van der Waals surface area contributed by atoms with Crippen LogP contribution in [0.3, 0.4) is 0 Å². The Bertz CT molecular complexity index is 243. The molecule has 1 atom stereocenters. The Kier molecular flexibility index (Phi) is 3.90. The summed E-state index contributed by atoms with van der Waals surface area (Å²) in [5.74, 6) is 0.146. The van der Waals surface area contributed by atoms with E-state index >= 15 is 0 Å². The molecule has 0 heterocycles. The zero-order valence-electron chi connectivity index (χ0n) is 7.83. The van der Waals surface area contributed by atoms with Crippen LogP contribution in [0.15, 0.2) is 24.3 Å². The molecule has 0 saturated heterocycles. The first-order valence-electron chi connectivity index (χ1n) is 4.64. The number of benzene rings is 1. The summed E-state index contributed by atoms with van der Waals surface area (Å²) < 4.78 is 12.6. The second-order valence-electron chi connectivity index (χ2n) is 3.17. The minimum atomic E-state index is -0.206. The fraction of sp³-hybridized carbons (Fsp3) is 0.455. The first kappa shape index (κ1) is 10.2. The molecule has 0 radical (unpaired) electrons. The van der Waals surface area contributed by atoms with E-state index in [1.54, 1.807) is 12.1 Å². The van der Waals surface area contributed by atoms with Gasteiger partial charge in [-0.3, -0.25) is 0 Å². The Morgan fingerprint density at radius 2 is 1.92 bits per heavy atom. The Hall–Kier alpha value is -0.890. The smallest absolute Gasteiger partial charge is 0.123 e. The lowest BCUT2D eigenvalue weighted by Gasteiger charge is -2.13. The van der Waals surface area contributed by atoms with Gasteiger partial charge in [-0.05, 0) is 36.5 Å². The second-order valence-corrected chi connectivity index (χ2v) is 3.17. The third kappa shape index (κ3) is 2.81. The Morgan fingerprint density at radius 3 is 2.38 bits per heavy atom. The molecule has 0 aliphatic carbocycles. The van der Waals surface area contributed by atoms with Crippen molar-refractivity contribution >= 4 is 0 Å². The van der Waals surface area contributed by atoms with Crippen LogP contribution in [0.25, 0.3) is 0 Å². The molecule has 2 heteroatoms. The highest BCUT2D eigenvalue weighted by atomic mass is 19.1. The van der Waals surface area contributed by atoms with Crippen molar-refractivity contribution in [2.75, 3.05) is 6.61 Å². The molecule has 0 aliphatic heterocycles. The zero-order chi connectivity index (χ0) is 9.68. The van der Waals surface area contributed by atoms with E-state index in [2.05, 4.69) is 6.92 Å². The number of aliphatic hydroxyl groups is 1. The van der Waals surface area contributed by atoms with Crippen molar-refractivity contribution in [1.82, 2.24) is 0 Å². The van der Waals surface area contributed by atoms with Crippen LogP contribution in [0.1, 0.15) is 31.2 Å². The van der Waals surface area contributed by atoms with Crippen molar-refractivity contribution in [3.05, 3.63) is 35.6 Å². The van der Waals surface area contributed by atoms with Crippen LogP contribution in [0.5, 0.6) is 0 Å². The fourth-order valence-corrected chi connectivity index (χ4v) is 1.50. The number of hydrogen-bond donors (Lipinski definition) is 1. The molecule has 1 aromatic rings. The minimum Gasteiger partial charge on any atom is -0.396 e. The average molecular weight is 182 g/mol. The van der Waals surface area contributed by atoms with Gasteiger partial charge in [-0.15, -0.1) is 0 Å². The molecule has 0 bridgehead atoms. The number of halogens is 1. The van der Waals surface area contributed by atoms with Crippen molar-refractivity contribution in [2.24, 2.45) is 0 Å². The molecule has 0 fully saturated rings. The molecular weight excluding hydrogens is 167 g/mol. The quantitative estimate of drug-likeness (QED) is 0.759. The lowest BCUT2D eigenvalue weighted by Crippen LogP contribution is -2.00. The predicted octanol–water partition coefficient (Wildman–Crippen LogP) is 2.70. The fourth-order valence-electron chi connectivity index (χ4n) is 1.50. The van der Waals surface area contributed by atoms with E-state index in [4.69, 9.17) is 5.11 Å². The van der Waals surface area contributed by atoms with Crippen LogP contribution >= 0.6 is 0 Å². The molecule has 0 unspecified atom stereocenters. The molecule has 13 heavy (non-hydrogen) atoms.